The molecule has 0 aromatic heterocycles. The lowest BCUT2D eigenvalue weighted by Gasteiger charge is -2.30. The topological polar surface area (TPSA) is 69.2 Å². The van der Waals surface area contributed by atoms with Crippen LogP contribution in [0.5, 0.6) is 0 Å². The zero-order valence-electron chi connectivity index (χ0n) is 13.8. The molecule has 0 spiro atoms. The Morgan fingerprint density at radius 3 is 2.25 bits per heavy atom. The highest BCUT2D eigenvalue weighted by atomic mass is 35.5. The van der Waals surface area contributed by atoms with E-state index in [1.807, 2.05) is 26.0 Å². The first-order valence-electron chi connectivity index (χ1n) is 8.30. The fourth-order valence-electron chi connectivity index (χ4n) is 4.50. The van der Waals surface area contributed by atoms with Crippen LogP contribution in [-0.2, 0) is 16.1 Å². The van der Waals surface area contributed by atoms with E-state index >= 15 is 0 Å². The summed E-state index contributed by atoms with van der Waals surface area (Å²) in [7, 11) is 0. The molecule has 1 aromatic rings. The summed E-state index contributed by atoms with van der Waals surface area (Å²) in [4.78, 5) is 24.4. The van der Waals surface area contributed by atoms with Crippen LogP contribution in [0.2, 0.25) is 5.02 Å². The predicted octanol–water partition coefficient (Wildman–Crippen LogP) is 2.31. The monoisotopic (exact) mass is 346 g/mol. The fourth-order valence-corrected chi connectivity index (χ4v) is 4.63. The Balaban J connectivity index is 1.77. The van der Waals surface area contributed by atoms with Gasteiger partial charge in [-0.15, -0.1) is 0 Å². The fraction of sp³-hybridized carbons (Fsp3) is 0.474. The van der Waals surface area contributed by atoms with Gasteiger partial charge in [-0.05, 0) is 56.2 Å². The Hall–Kier alpha value is -1.81. The summed E-state index contributed by atoms with van der Waals surface area (Å²) in [6.07, 6.45) is 1.72. The molecule has 4 atom stereocenters. The number of halogens is 1. The third kappa shape index (κ3) is 2.95. The summed E-state index contributed by atoms with van der Waals surface area (Å²) in [5.74, 6) is -2.54. The summed E-state index contributed by atoms with van der Waals surface area (Å²) in [5, 5.41) is 15.2. The molecule has 0 radical (unpaired) electrons. The van der Waals surface area contributed by atoms with Gasteiger partial charge in [-0.1, -0.05) is 34.9 Å². The van der Waals surface area contributed by atoms with E-state index in [9.17, 15) is 14.7 Å². The number of amides is 1. The molecule has 3 rings (SSSR count). The molecule has 0 unspecified atom stereocenters. The molecule has 4 nitrogen and oxygen atoms in total. The Morgan fingerprint density at radius 1 is 1.12 bits per heavy atom. The van der Waals surface area contributed by atoms with Crippen LogP contribution in [0.15, 0.2) is 35.4 Å². The number of hydrogen-bond donors (Lipinski definition) is 1. The summed E-state index contributed by atoms with van der Waals surface area (Å²) < 4.78 is 0. The van der Waals surface area contributed by atoms with Gasteiger partial charge < -0.3 is 15.2 Å². The van der Waals surface area contributed by atoms with Crippen molar-refractivity contribution in [3.8, 4) is 0 Å². The quantitative estimate of drug-likeness (QED) is 0.850. The third-order valence-corrected chi connectivity index (χ3v) is 5.63. The first-order chi connectivity index (χ1) is 11.4. The Labute approximate surface area is 146 Å². The van der Waals surface area contributed by atoms with Crippen LogP contribution in [0.1, 0.15) is 32.3 Å². The third-order valence-electron chi connectivity index (χ3n) is 5.37. The molecule has 0 aliphatic heterocycles. The minimum absolute atomic E-state index is 0.0353. The summed E-state index contributed by atoms with van der Waals surface area (Å²) in [6, 6.07) is 7.24. The highest BCUT2D eigenvalue weighted by molar-refractivity contribution is 6.30. The maximum absolute atomic E-state index is 12.7. The molecule has 2 fully saturated rings. The number of hydrogen-bond acceptors (Lipinski definition) is 3. The summed E-state index contributed by atoms with van der Waals surface area (Å²) in [6.45, 7) is 4.37. The molecule has 24 heavy (non-hydrogen) atoms. The molecule has 1 aromatic carbocycles. The minimum Gasteiger partial charge on any atom is -0.550 e. The van der Waals surface area contributed by atoms with Crippen molar-refractivity contribution in [2.45, 2.75) is 33.2 Å². The number of allylic oxidation sites excluding steroid dienone is 2. The van der Waals surface area contributed by atoms with Crippen LogP contribution in [0, 0.1) is 23.7 Å². The SMILES string of the molecule is CC(C)=C1[C@H]2CC[C@H]1[C@@H](C(=O)NCc1ccc(Cl)cc1)[C@H]2C(=O)[O-]. The van der Waals surface area contributed by atoms with Crippen LogP contribution in [-0.4, -0.2) is 11.9 Å². The lowest BCUT2D eigenvalue weighted by atomic mass is 9.78. The molecule has 0 heterocycles. The second-order valence-corrected chi connectivity index (χ2v) is 7.40. The Morgan fingerprint density at radius 2 is 1.71 bits per heavy atom. The van der Waals surface area contributed by atoms with Crippen molar-refractivity contribution in [2.75, 3.05) is 0 Å². The summed E-state index contributed by atoms with van der Waals surface area (Å²) in [5.41, 5.74) is 3.24. The highest BCUT2D eigenvalue weighted by Gasteiger charge is 2.54. The number of rotatable bonds is 4. The number of carbonyl (C=O) groups is 2. The first kappa shape index (κ1) is 17.0. The molecular weight excluding hydrogens is 326 g/mol. The van der Waals surface area contributed by atoms with Crippen LogP contribution in [0.25, 0.3) is 0 Å². The second-order valence-electron chi connectivity index (χ2n) is 6.96. The zero-order chi connectivity index (χ0) is 17.4. The van der Waals surface area contributed by atoms with Gasteiger partial charge in [0.1, 0.15) is 0 Å². The zero-order valence-corrected chi connectivity index (χ0v) is 14.6. The second kappa shape index (κ2) is 6.60. The van der Waals surface area contributed by atoms with Crippen molar-refractivity contribution in [3.05, 3.63) is 46.0 Å². The van der Waals surface area contributed by atoms with Gasteiger partial charge in [0.15, 0.2) is 0 Å². The van der Waals surface area contributed by atoms with Gasteiger partial charge in [-0.25, -0.2) is 0 Å². The molecule has 1 amide bonds. The van der Waals surface area contributed by atoms with E-state index in [0.717, 1.165) is 29.6 Å². The average Bonchev–Trinajstić information content (AvgIpc) is 3.10. The van der Waals surface area contributed by atoms with Crippen LogP contribution >= 0.6 is 11.6 Å². The van der Waals surface area contributed by atoms with Gasteiger partial charge in [0.05, 0.1) is 5.92 Å². The number of carboxylic acids is 1. The van der Waals surface area contributed by atoms with Gasteiger partial charge >= 0.3 is 0 Å². The average molecular weight is 347 g/mol. The van der Waals surface area contributed by atoms with Crippen molar-refractivity contribution in [1.29, 1.82) is 0 Å². The van der Waals surface area contributed by atoms with Gasteiger partial charge in [-0.2, -0.15) is 0 Å². The van der Waals surface area contributed by atoms with Gasteiger partial charge in [0.2, 0.25) is 5.91 Å². The predicted molar refractivity (Wildman–Crippen MR) is 89.9 cm³/mol. The van der Waals surface area contributed by atoms with Crippen molar-refractivity contribution < 1.29 is 14.7 Å². The molecule has 2 aliphatic carbocycles. The van der Waals surface area contributed by atoms with E-state index < -0.39 is 17.8 Å². The number of nitrogens with one attached hydrogen (secondary N) is 1. The van der Waals surface area contributed by atoms with E-state index in [2.05, 4.69) is 5.32 Å². The molecule has 2 aliphatic rings. The maximum Gasteiger partial charge on any atom is 0.224 e. The lowest BCUT2D eigenvalue weighted by molar-refractivity contribution is -0.314. The minimum atomic E-state index is -1.10. The molecule has 1 N–H and O–H groups in total. The number of carbonyl (C=O) groups excluding carboxylic acids is 2. The number of benzene rings is 1. The molecule has 128 valence electrons. The number of carboxylic acid groups (broad SMARTS) is 1. The van der Waals surface area contributed by atoms with Crippen molar-refractivity contribution in [3.63, 3.8) is 0 Å². The summed E-state index contributed by atoms with van der Waals surface area (Å²) >= 11 is 5.86. The molecule has 2 saturated carbocycles. The standard InChI is InChI=1S/C19H22ClNO3/c1-10(2)15-13-7-8-14(15)17(19(23)24)16(13)18(22)21-9-11-3-5-12(20)6-4-11/h3-6,13-14,16-17H,7-9H2,1-2H3,(H,21,22)(H,23,24)/p-1/t13-,14-,16-,17+/m1/s1. The highest BCUT2D eigenvalue weighted by Crippen LogP contribution is 2.56. The van der Waals surface area contributed by atoms with E-state index in [4.69, 9.17) is 11.6 Å². The van der Waals surface area contributed by atoms with Gasteiger partial charge in [0.25, 0.3) is 0 Å². The Bertz CT molecular complexity index is 691. The van der Waals surface area contributed by atoms with E-state index in [0.29, 0.717) is 11.6 Å². The van der Waals surface area contributed by atoms with Crippen LogP contribution < -0.4 is 10.4 Å². The van der Waals surface area contributed by atoms with Crippen LogP contribution in [0.3, 0.4) is 0 Å². The number of aliphatic carboxylic acids is 1. The normalized spacial score (nSPS) is 28.0. The van der Waals surface area contributed by atoms with E-state index in [-0.39, 0.29) is 17.7 Å². The van der Waals surface area contributed by atoms with Crippen LogP contribution in [0.4, 0.5) is 0 Å². The van der Waals surface area contributed by atoms with E-state index in [1.54, 1.807) is 12.1 Å². The first-order valence-corrected chi connectivity index (χ1v) is 8.68. The molecular formula is C19H21ClNO3-. The van der Waals surface area contributed by atoms with Crippen molar-refractivity contribution in [2.24, 2.45) is 23.7 Å². The molecule has 2 bridgehead atoms. The van der Waals surface area contributed by atoms with Gasteiger partial charge in [-0.3, -0.25) is 4.79 Å². The van der Waals surface area contributed by atoms with Gasteiger partial charge in [0, 0.05) is 23.5 Å². The molecule has 5 heteroatoms. The largest absolute Gasteiger partial charge is 0.550 e. The van der Waals surface area contributed by atoms with Crippen molar-refractivity contribution >= 4 is 23.5 Å². The lowest BCUT2D eigenvalue weighted by Crippen LogP contribution is -2.45. The smallest absolute Gasteiger partial charge is 0.224 e. The Kier molecular flexibility index (Phi) is 4.68. The number of fused-ring (bicyclic) bond motifs is 2. The maximum atomic E-state index is 12.7. The van der Waals surface area contributed by atoms with E-state index in [1.165, 1.54) is 0 Å². The molecule has 0 saturated heterocycles. The van der Waals surface area contributed by atoms with Crippen molar-refractivity contribution in [1.82, 2.24) is 5.32 Å².